The Labute approximate surface area is 122 Å². The second kappa shape index (κ2) is 5.02. The first-order chi connectivity index (χ1) is 10.1. The summed E-state index contributed by atoms with van der Waals surface area (Å²) < 4.78 is 0. The quantitative estimate of drug-likeness (QED) is 0.763. The van der Waals surface area contributed by atoms with Crippen LogP contribution < -0.4 is 0 Å². The van der Waals surface area contributed by atoms with E-state index in [1.54, 1.807) is 12.1 Å². The van der Waals surface area contributed by atoms with Gasteiger partial charge in [0.1, 0.15) is 0 Å². The summed E-state index contributed by atoms with van der Waals surface area (Å²) in [6, 6.07) is 15.0. The number of aryl methyl sites for hydroxylation is 2. The van der Waals surface area contributed by atoms with Gasteiger partial charge in [0.25, 0.3) is 0 Å². The van der Waals surface area contributed by atoms with Gasteiger partial charge in [0.15, 0.2) is 0 Å². The summed E-state index contributed by atoms with van der Waals surface area (Å²) in [5, 5.41) is 10.1. The largest absolute Gasteiger partial charge is 0.478 e. The van der Waals surface area contributed by atoms with Crippen molar-refractivity contribution in [3.63, 3.8) is 0 Å². The van der Waals surface area contributed by atoms with E-state index in [1.165, 1.54) is 11.1 Å². The summed E-state index contributed by atoms with van der Waals surface area (Å²) in [6.45, 7) is 4.09. The molecule has 0 spiro atoms. The van der Waals surface area contributed by atoms with Gasteiger partial charge in [-0.2, -0.15) is 0 Å². The van der Waals surface area contributed by atoms with Crippen molar-refractivity contribution in [3.05, 3.63) is 65.2 Å². The van der Waals surface area contributed by atoms with Crippen LogP contribution in [-0.2, 0) is 0 Å². The van der Waals surface area contributed by atoms with Crippen LogP contribution in [0.25, 0.3) is 22.2 Å². The van der Waals surface area contributed by atoms with Crippen LogP contribution in [0.1, 0.15) is 21.5 Å². The van der Waals surface area contributed by atoms with Crippen LogP contribution in [0.4, 0.5) is 0 Å². The number of rotatable bonds is 2. The van der Waals surface area contributed by atoms with Crippen molar-refractivity contribution < 1.29 is 9.90 Å². The SMILES string of the molecule is Cc1ccc(-c2cc(C(=O)O)c3ccccc3n2)cc1C. The van der Waals surface area contributed by atoms with Crippen LogP contribution in [0.15, 0.2) is 48.5 Å². The molecule has 3 heteroatoms. The molecule has 3 rings (SSSR count). The Morgan fingerprint density at radius 3 is 2.48 bits per heavy atom. The number of benzene rings is 2. The van der Waals surface area contributed by atoms with E-state index >= 15 is 0 Å². The van der Waals surface area contributed by atoms with E-state index in [4.69, 9.17) is 0 Å². The molecular weight excluding hydrogens is 262 g/mol. The fraction of sp³-hybridized carbons (Fsp3) is 0.111. The lowest BCUT2D eigenvalue weighted by Crippen LogP contribution is -2.00. The minimum absolute atomic E-state index is 0.286. The zero-order chi connectivity index (χ0) is 15.0. The third-order valence-corrected chi connectivity index (χ3v) is 3.75. The van der Waals surface area contributed by atoms with Crippen molar-refractivity contribution in [2.75, 3.05) is 0 Å². The zero-order valence-corrected chi connectivity index (χ0v) is 11.9. The number of carbonyl (C=O) groups is 1. The molecule has 0 saturated carbocycles. The molecule has 0 unspecified atom stereocenters. The molecule has 0 saturated heterocycles. The predicted octanol–water partition coefficient (Wildman–Crippen LogP) is 4.22. The number of carboxylic acids is 1. The Morgan fingerprint density at radius 1 is 1.00 bits per heavy atom. The number of pyridine rings is 1. The molecule has 0 aliphatic carbocycles. The number of para-hydroxylation sites is 1. The van der Waals surface area contributed by atoms with E-state index in [0.717, 1.165) is 5.56 Å². The first-order valence-electron chi connectivity index (χ1n) is 6.77. The van der Waals surface area contributed by atoms with Gasteiger partial charge in [0.05, 0.1) is 16.8 Å². The Hall–Kier alpha value is -2.68. The van der Waals surface area contributed by atoms with Gasteiger partial charge in [0.2, 0.25) is 0 Å². The van der Waals surface area contributed by atoms with Crippen molar-refractivity contribution in [1.29, 1.82) is 0 Å². The fourth-order valence-corrected chi connectivity index (χ4v) is 2.40. The second-order valence-corrected chi connectivity index (χ2v) is 5.18. The summed E-state index contributed by atoms with van der Waals surface area (Å²) in [5.74, 6) is -0.932. The third kappa shape index (κ3) is 2.38. The Morgan fingerprint density at radius 2 is 1.76 bits per heavy atom. The van der Waals surface area contributed by atoms with Crippen molar-refractivity contribution >= 4 is 16.9 Å². The minimum Gasteiger partial charge on any atom is -0.478 e. The highest BCUT2D eigenvalue weighted by Gasteiger charge is 2.12. The summed E-state index contributed by atoms with van der Waals surface area (Å²) >= 11 is 0. The Kier molecular flexibility index (Phi) is 3.18. The van der Waals surface area contributed by atoms with Gasteiger partial charge < -0.3 is 5.11 Å². The molecule has 1 aromatic heterocycles. The highest BCUT2D eigenvalue weighted by molar-refractivity contribution is 6.03. The molecule has 2 aromatic carbocycles. The Balaban J connectivity index is 2.28. The number of carboxylic acid groups (broad SMARTS) is 1. The lowest BCUT2D eigenvalue weighted by molar-refractivity contribution is 0.0699. The number of aromatic carboxylic acids is 1. The lowest BCUT2D eigenvalue weighted by atomic mass is 10.0. The minimum atomic E-state index is -0.932. The molecule has 0 fully saturated rings. The summed E-state index contributed by atoms with van der Waals surface area (Å²) in [4.78, 5) is 16.1. The number of fused-ring (bicyclic) bond motifs is 1. The lowest BCUT2D eigenvalue weighted by Gasteiger charge is -2.08. The predicted molar refractivity (Wildman–Crippen MR) is 83.6 cm³/mol. The van der Waals surface area contributed by atoms with Crippen LogP contribution in [0.5, 0.6) is 0 Å². The number of aromatic nitrogens is 1. The molecular formula is C18H15NO2. The Bertz CT molecular complexity index is 853. The highest BCUT2D eigenvalue weighted by Crippen LogP contribution is 2.26. The van der Waals surface area contributed by atoms with E-state index < -0.39 is 5.97 Å². The molecule has 0 amide bonds. The van der Waals surface area contributed by atoms with Crippen LogP contribution in [0, 0.1) is 13.8 Å². The third-order valence-electron chi connectivity index (χ3n) is 3.75. The highest BCUT2D eigenvalue weighted by atomic mass is 16.4. The molecule has 3 aromatic rings. The molecule has 0 radical (unpaired) electrons. The standard InChI is InChI=1S/C18H15NO2/c1-11-7-8-13(9-12(11)2)17-10-15(18(20)21)14-5-3-4-6-16(14)19-17/h3-10H,1-2H3,(H,20,21). The maximum absolute atomic E-state index is 11.5. The van der Waals surface area contributed by atoms with Gasteiger partial charge in [-0.05, 0) is 43.2 Å². The summed E-state index contributed by atoms with van der Waals surface area (Å²) in [5.41, 5.74) is 4.98. The first kappa shape index (κ1) is 13.3. The van der Waals surface area contributed by atoms with E-state index in [9.17, 15) is 9.90 Å². The van der Waals surface area contributed by atoms with Crippen molar-refractivity contribution in [2.45, 2.75) is 13.8 Å². The molecule has 1 heterocycles. The molecule has 0 aliphatic rings. The zero-order valence-electron chi connectivity index (χ0n) is 11.9. The molecule has 104 valence electrons. The molecule has 21 heavy (non-hydrogen) atoms. The molecule has 0 aliphatic heterocycles. The molecule has 1 N–H and O–H groups in total. The maximum Gasteiger partial charge on any atom is 0.336 e. The van der Waals surface area contributed by atoms with Crippen molar-refractivity contribution in [3.8, 4) is 11.3 Å². The average molecular weight is 277 g/mol. The number of hydrogen-bond acceptors (Lipinski definition) is 2. The monoisotopic (exact) mass is 277 g/mol. The van der Waals surface area contributed by atoms with Crippen LogP contribution >= 0.6 is 0 Å². The number of hydrogen-bond donors (Lipinski definition) is 1. The number of nitrogens with zero attached hydrogens (tertiary/aromatic N) is 1. The first-order valence-corrected chi connectivity index (χ1v) is 6.77. The fourth-order valence-electron chi connectivity index (χ4n) is 2.40. The topological polar surface area (TPSA) is 50.2 Å². The van der Waals surface area contributed by atoms with Crippen LogP contribution in [-0.4, -0.2) is 16.1 Å². The maximum atomic E-state index is 11.5. The van der Waals surface area contributed by atoms with Crippen molar-refractivity contribution in [1.82, 2.24) is 4.98 Å². The second-order valence-electron chi connectivity index (χ2n) is 5.18. The van der Waals surface area contributed by atoms with E-state index in [0.29, 0.717) is 16.6 Å². The van der Waals surface area contributed by atoms with E-state index in [2.05, 4.69) is 11.9 Å². The van der Waals surface area contributed by atoms with Gasteiger partial charge in [-0.3, -0.25) is 0 Å². The molecule has 0 bridgehead atoms. The average Bonchev–Trinajstić information content (AvgIpc) is 2.48. The smallest absolute Gasteiger partial charge is 0.336 e. The summed E-state index contributed by atoms with van der Waals surface area (Å²) in [6.07, 6.45) is 0. The van der Waals surface area contributed by atoms with E-state index in [-0.39, 0.29) is 5.56 Å². The van der Waals surface area contributed by atoms with Crippen LogP contribution in [0.2, 0.25) is 0 Å². The van der Waals surface area contributed by atoms with Gasteiger partial charge in [-0.1, -0.05) is 30.3 Å². The summed E-state index contributed by atoms with van der Waals surface area (Å²) in [7, 11) is 0. The molecule has 0 atom stereocenters. The normalized spacial score (nSPS) is 10.8. The van der Waals surface area contributed by atoms with Crippen LogP contribution in [0.3, 0.4) is 0 Å². The van der Waals surface area contributed by atoms with Gasteiger partial charge in [-0.15, -0.1) is 0 Å². The van der Waals surface area contributed by atoms with Gasteiger partial charge in [-0.25, -0.2) is 9.78 Å². The van der Waals surface area contributed by atoms with Gasteiger partial charge >= 0.3 is 5.97 Å². The molecule has 3 nitrogen and oxygen atoms in total. The van der Waals surface area contributed by atoms with E-state index in [1.807, 2.05) is 43.3 Å². The van der Waals surface area contributed by atoms with Gasteiger partial charge in [0, 0.05) is 10.9 Å². The van der Waals surface area contributed by atoms with Crippen molar-refractivity contribution in [2.24, 2.45) is 0 Å².